The Labute approximate surface area is 114 Å². The number of carbonyl (C=O) groups excluding carboxylic acids is 2. The van der Waals surface area contributed by atoms with Crippen LogP contribution in [0, 0.1) is 0 Å². The lowest BCUT2D eigenvalue weighted by atomic mass is 10.3. The summed E-state index contributed by atoms with van der Waals surface area (Å²) in [6, 6.07) is 4.04. The number of halogens is 2. The first-order valence-corrected chi connectivity index (χ1v) is 5.84. The summed E-state index contributed by atoms with van der Waals surface area (Å²) in [4.78, 5) is 22.5. The van der Waals surface area contributed by atoms with Gasteiger partial charge in [0.15, 0.2) is 6.10 Å². The Hall–Kier alpha value is -1.46. The zero-order valence-electron chi connectivity index (χ0n) is 9.79. The van der Waals surface area contributed by atoms with Crippen LogP contribution >= 0.6 is 23.2 Å². The van der Waals surface area contributed by atoms with Crippen LogP contribution in [0.25, 0.3) is 0 Å². The molecule has 0 aliphatic rings. The standard InChI is InChI=1S/C11H12Cl2N2O3/c1-6(10(16)15-11(17)14-2)18-9-4-3-7(12)5-8(9)13/h3-6H,1-2H3,(H2,14,15,16,17)/t6-/m1/s1. The third-order valence-electron chi connectivity index (χ3n) is 2.03. The smallest absolute Gasteiger partial charge is 0.321 e. The summed E-state index contributed by atoms with van der Waals surface area (Å²) in [6.45, 7) is 1.50. The molecule has 0 aliphatic heterocycles. The van der Waals surface area contributed by atoms with Gasteiger partial charge in [0.2, 0.25) is 0 Å². The van der Waals surface area contributed by atoms with Gasteiger partial charge in [0.05, 0.1) is 5.02 Å². The highest BCUT2D eigenvalue weighted by Gasteiger charge is 2.17. The van der Waals surface area contributed by atoms with E-state index in [0.717, 1.165) is 0 Å². The normalized spacial score (nSPS) is 11.6. The van der Waals surface area contributed by atoms with E-state index in [9.17, 15) is 9.59 Å². The maximum Gasteiger partial charge on any atom is 0.321 e. The number of hydrogen-bond acceptors (Lipinski definition) is 3. The Morgan fingerprint density at radius 3 is 2.56 bits per heavy atom. The molecule has 3 amide bonds. The monoisotopic (exact) mass is 290 g/mol. The summed E-state index contributed by atoms with van der Waals surface area (Å²) in [7, 11) is 1.41. The van der Waals surface area contributed by atoms with Crippen molar-refractivity contribution >= 4 is 35.1 Å². The van der Waals surface area contributed by atoms with Gasteiger partial charge in [-0.15, -0.1) is 0 Å². The summed E-state index contributed by atoms with van der Waals surface area (Å²) in [5.74, 6) is -0.249. The van der Waals surface area contributed by atoms with Gasteiger partial charge >= 0.3 is 6.03 Å². The van der Waals surface area contributed by atoms with Crippen LogP contribution in [0.3, 0.4) is 0 Å². The molecule has 0 aliphatic carbocycles. The Balaban J connectivity index is 2.66. The number of amides is 3. The van der Waals surface area contributed by atoms with Crippen LogP contribution in [0.1, 0.15) is 6.92 Å². The van der Waals surface area contributed by atoms with Crippen molar-refractivity contribution in [2.75, 3.05) is 7.05 Å². The van der Waals surface area contributed by atoms with E-state index in [2.05, 4.69) is 10.6 Å². The minimum atomic E-state index is -0.860. The van der Waals surface area contributed by atoms with Crippen molar-refractivity contribution in [3.63, 3.8) is 0 Å². The Morgan fingerprint density at radius 1 is 1.33 bits per heavy atom. The van der Waals surface area contributed by atoms with Gasteiger partial charge in [-0.05, 0) is 25.1 Å². The first-order valence-electron chi connectivity index (χ1n) is 5.08. The van der Waals surface area contributed by atoms with Gasteiger partial charge in [-0.2, -0.15) is 0 Å². The van der Waals surface area contributed by atoms with Gasteiger partial charge < -0.3 is 10.1 Å². The van der Waals surface area contributed by atoms with E-state index in [4.69, 9.17) is 27.9 Å². The first kappa shape index (κ1) is 14.6. The molecule has 0 fully saturated rings. The molecule has 2 N–H and O–H groups in total. The van der Waals surface area contributed by atoms with Gasteiger partial charge in [-0.3, -0.25) is 10.1 Å². The van der Waals surface area contributed by atoms with Crippen molar-refractivity contribution in [3.05, 3.63) is 28.2 Å². The van der Waals surface area contributed by atoms with Crippen molar-refractivity contribution in [2.45, 2.75) is 13.0 Å². The molecule has 0 saturated carbocycles. The second-order valence-electron chi connectivity index (χ2n) is 3.40. The average Bonchev–Trinajstić information content (AvgIpc) is 2.32. The number of benzene rings is 1. The van der Waals surface area contributed by atoms with Gasteiger partial charge in [0.25, 0.3) is 5.91 Å². The number of urea groups is 1. The zero-order chi connectivity index (χ0) is 13.7. The topological polar surface area (TPSA) is 67.4 Å². The van der Waals surface area contributed by atoms with Gasteiger partial charge in [0.1, 0.15) is 5.75 Å². The van der Waals surface area contributed by atoms with Crippen LogP contribution in [0.5, 0.6) is 5.75 Å². The number of imide groups is 1. The van der Waals surface area contributed by atoms with Crippen LogP contribution in [0.2, 0.25) is 10.0 Å². The van der Waals surface area contributed by atoms with Gasteiger partial charge in [0, 0.05) is 12.1 Å². The molecule has 1 aromatic carbocycles. The molecule has 1 atom stereocenters. The lowest BCUT2D eigenvalue weighted by Crippen LogP contribution is -2.43. The summed E-state index contributed by atoms with van der Waals surface area (Å²) in [5.41, 5.74) is 0. The third-order valence-corrected chi connectivity index (χ3v) is 2.56. The number of carbonyl (C=O) groups is 2. The fourth-order valence-electron chi connectivity index (χ4n) is 1.09. The molecule has 98 valence electrons. The molecule has 1 rings (SSSR count). The summed E-state index contributed by atoms with van der Waals surface area (Å²) >= 11 is 11.6. The minimum Gasteiger partial charge on any atom is -0.479 e. The predicted octanol–water partition coefficient (Wildman–Crippen LogP) is 2.22. The van der Waals surface area contributed by atoms with Gasteiger partial charge in [-0.1, -0.05) is 23.2 Å². The van der Waals surface area contributed by atoms with E-state index in [1.807, 2.05) is 0 Å². The molecule has 0 saturated heterocycles. The summed E-state index contributed by atoms with van der Waals surface area (Å²) in [5, 5.41) is 5.12. The van der Waals surface area contributed by atoms with Crippen molar-refractivity contribution in [1.29, 1.82) is 0 Å². The van der Waals surface area contributed by atoms with Crippen molar-refractivity contribution in [2.24, 2.45) is 0 Å². The van der Waals surface area contributed by atoms with Crippen molar-refractivity contribution in [1.82, 2.24) is 10.6 Å². The Morgan fingerprint density at radius 2 is 2.00 bits per heavy atom. The maximum atomic E-state index is 11.5. The molecule has 1 aromatic rings. The second kappa shape index (κ2) is 6.47. The van der Waals surface area contributed by atoms with Gasteiger partial charge in [-0.25, -0.2) is 4.79 Å². The molecule has 0 unspecified atom stereocenters. The van der Waals surface area contributed by atoms with Crippen molar-refractivity contribution < 1.29 is 14.3 Å². The fraction of sp³-hybridized carbons (Fsp3) is 0.273. The summed E-state index contributed by atoms with van der Waals surface area (Å²) < 4.78 is 5.32. The fourth-order valence-corrected chi connectivity index (χ4v) is 1.54. The van der Waals surface area contributed by atoms with Crippen LogP contribution < -0.4 is 15.4 Å². The SMILES string of the molecule is CNC(=O)NC(=O)[C@@H](C)Oc1ccc(Cl)cc1Cl. The largest absolute Gasteiger partial charge is 0.479 e. The Kier molecular flexibility index (Phi) is 5.25. The molecule has 5 nitrogen and oxygen atoms in total. The molecule has 0 heterocycles. The van der Waals surface area contributed by atoms with Crippen LogP contribution in [-0.2, 0) is 4.79 Å². The van der Waals surface area contributed by atoms with E-state index in [1.165, 1.54) is 20.0 Å². The number of hydrogen-bond donors (Lipinski definition) is 2. The second-order valence-corrected chi connectivity index (χ2v) is 4.25. The Bertz CT molecular complexity index is 466. The van der Waals surface area contributed by atoms with E-state index in [0.29, 0.717) is 15.8 Å². The number of nitrogens with one attached hydrogen (secondary N) is 2. The highest BCUT2D eigenvalue weighted by molar-refractivity contribution is 6.35. The summed E-state index contributed by atoms with van der Waals surface area (Å²) in [6.07, 6.45) is -0.860. The molecule has 0 bridgehead atoms. The minimum absolute atomic E-state index is 0.294. The first-order chi connectivity index (χ1) is 8.43. The van der Waals surface area contributed by atoms with E-state index in [1.54, 1.807) is 12.1 Å². The molecular weight excluding hydrogens is 279 g/mol. The molecular formula is C11H12Cl2N2O3. The lowest BCUT2D eigenvalue weighted by molar-refractivity contribution is -0.126. The predicted molar refractivity (Wildman–Crippen MR) is 69.2 cm³/mol. The van der Waals surface area contributed by atoms with E-state index in [-0.39, 0.29) is 0 Å². The lowest BCUT2D eigenvalue weighted by Gasteiger charge is -2.15. The van der Waals surface area contributed by atoms with Crippen LogP contribution in [-0.4, -0.2) is 25.1 Å². The molecule has 0 aromatic heterocycles. The third kappa shape index (κ3) is 4.09. The zero-order valence-corrected chi connectivity index (χ0v) is 11.3. The molecule has 18 heavy (non-hydrogen) atoms. The highest BCUT2D eigenvalue weighted by Crippen LogP contribution is 2.28. The average molecular weight is 291 g/mol. The maximum absolute atomic E-state index is 11.5. The van der Waals surface area contributed by atoms with E-state index < -0.39 is 18.0 Å². The number of ether oxygens (including phenoxy) is 1. The molecule has 0 spiro atoms. The number of rotatable bonds is 3. The molecule has 7 heteroatoms. The highest BCUT2D eigenvalue weighted by atomic mass is 35.5. The van der Waals surface area contributed by atoms with Crippen LogP contribution in [0.4, 0.5) is 4.79 Å². The van der Waals surface area contributed by atoms with Crippen molar-refractivity contribution in [3.8, 4) is 5.75 Å². The molecule has 0 radical (unpaired) electrons. The quantitative estimate of drug-likeness (QED) is 0.897. The van der Waals surface area contributed by atoms with E-state index >= 15 is 0 Å². The van der Waals surface area contributed by atoms with Crippen LogP contribution in [0.15, 0.2) is 18.2 Å².